The number of nitrogens with one attached hydrogen (secondary N) is 1. The summed E-state index contributed by atoms with van der Waals surface area (Å²) in [5.74, 6) is 0.533. The smallest absolute Gasteiger partial charge is 0.243 e. The maximum Gasteiger partial charge on any atom is 0.243 e. The lowest BCUT2D eigenvalue weighted by molar-refractivity contribution is -0.117. The molecule has 2 heterocycles. The predicted molar refractivity (Wildman–Crippen MR) is 93.5 cm³/mol. The van der Waals surface area contributed by atoms with Gasteiger partial charge in [0, 0.05) is 19.0 Å². The minimum Gasteiger partial charge on any atom is -0.302 e. The van der Waals surface area contributed by atoms with Crippen LogP contribution in [0.15, 0.2) is 23.1 Å². The normalized spacial score (nSPS) is 24.4. The maximum absolute atomic E-state index is 12.6. The molecule has 1 aromatic carbocycles. The fraction of sp³-hybridized carbons (Fsp3) is 0.500. The molecule has 2 aliphatic rings. The van der Waals surface area contributed by atoms with Gasteiger partial charge in [0.15, 0.2) is 5.13 Å². The van der Waals surface area contributed by atoms with Gasteiger partial charge in [0.05, 0.1) is 15.1 Å². The van der Waals surface area contributed by atoms with Crippen molar-refractivity contribution in [3.05, 3.63) is 18.2 Å². The first-order valence-corrected chi connectivity index (χ1v) is 10.4. The quantitative estimate of drug-likeness (QED) is 0.903. The molecule has 1 amide bonds. The highest BCUT2D eigenvalue weighted by atomic mass is 32.2. The van der Waals surface area contributed by atoms with Crippen molar-refractivity contribution in [2.75, 3.05) is 18.4 Å². The lowest BCUT2D eigenvalue weighted by atomic mass is 10.3. The number of nitrogens with zero attached hydrogens (tertiary/aromatic N) is 2. The third-order valence-corrected chi connectivity index (χ3v) is 7.57. The van der Waals surface area contributed by atoms with Crippen LogP contribution in [0.2, 0.25) is 0 Å². The molecule has 6 nitrogen and oxygen atoms in total. The van der Waals surface area contributed by atoms with Crippen molar-refractivity contribution in [3.8, 4) is 0 Å². The van der Waals surface area contributed by atoms with Gasteiger partial charge in [-0.2, -0.15) is 4.31 Å². The molecule has 24 heavy (non-hydrogen) atoms. The predicted octanol–water partition coefficient (Wildman–Crippen LogP) is 2.68. The van der Waals surface area contributed by atoms with Gasteiger partial charge in [-0.15, -0.1) is 0 Å². The second-order valence-electron chi connectivity index (χ2n) is 6.57. The molecule has 8 heteroatoms. The van der Waals surface area contributed by atoms with Crippen LogP contribution in [-0.4, -0.2) is 36.7 Å². The number of benzene rings is 1. The summed E-state index contributed by atoms with van der Waals surface area (Å²) < 4.78 is 27.6. The second-order valence-corrected chi connectivity index (χ2v) is 9.54. The molecule has 1 aromatic heterocycles. The SMILES string of the molecule is CC1CC1C(=O)Nc1nc2ccc(S(=O)(=O)N3CCCC3)cc2s1. The van der Waals surface area contributed by atoms with Gasteiger partial charge in [0.25, 0.3) is 0 Å². The minimum atomic E-state index is -3.43. The van der Waals surface area contributed by atoms with Crippen LogP contribution in [0.25, 0.3) is 10.2 Å². The molecule has 1 saturated heterocycles. The number of aromatic nitrogens is 1. The van der Waals surface area contributed by atoms with Crippen molar-refractivity contribution >= 4 is 42.6 Å². The van der Waals surface area contributed by atoms with Gasteiger partial charge in [0.2, 0.25) is 15.9 Å². The van der Waals surface area contributed by atoms with Crippen molar-refractivity contribution in [1.82, 2.24) is 9.29 Å². The average Bonchev–Trinajstić information content (AvgIpc) is 2.96. The Morgan fingerprint density at radius 1 is 1.33 bits per heavy atom. The van der Waals surface area contributed by atoms with E-state index < -0.39 is 10.0 Å². The molecular weight excluding hydrogens is 346 g/mol. The lowest BCUT2D eigenvalue weighted by Crippen LogP contribution is -2.27. The Bertz CT molecular complexity index is 900. The molecule has 1 aliphatic heterocycles. The molecule has 1 N–H and O–H groups in total. The highest BCUT2D eigenvalue weighted by Gasteiger charge is 2.39. The first-order chi connectivity index (χ1) is 11.4. The number of carbonyl (C=O) groups is 1. The zero-order valence-corrected chi connectivity index (χ0v) is 15.0. The van der Waals surface area contributed by atoms with Gasteiger partial charge >= 0.3 is 0 Å². The summed E-state index contributed by atoms with van der Waals surface area (Å²) in [7, 11) is -3.43. The first kappa shape index (κ1) is 16.0. The summed E-state index contributed by atoms with van der Waals surface area (Å²) in [6.07, 6.45) is 2.75. The van der Waals surface area contributed by atoms with Gasteiger partial charge in [-0.25, -0.2) is 13.4 Å². The molecular formula is C16H19N3O3S2. The van der Waals surface area contributed by atoms with Crippen molar-refractivity contribution in [3.63, 3.8) is 0 Å². The third-order valence-electron chi connectivity index (χ3n) is 4.74. The van der Waals surface area contributed by atoms with Crippen LogP contribution in [0.5, 0.6) is 0 Å². The molecule has 0 bridgehead atoms. The Kier molecular flexibility index (Phi) is 3.85. The Labute approximate surface area is 144 Å². The van der Waals surface area contributed by atoms with E-state index in [1.807, 2.05) is 0 Å². The summed E-state index contributed by atoms with van der Waals surface area (Å²) in [5, 5.41) is 3.38. The van der Waals surface area contributed by atoms with Crippen LogP contribution in [-0.2, 0) is 14.8 Å². The second kappa shape index (κ2) is 5.79. The van der Waals surface area contributed by atoms with Gasteiger partial charge in [-0.3, -0.25) is 4.79 Å². The van der Waals surface area contributed by atoms with Gasteiger partial charge < -0.3 is 5.32 Å². The number of rotatable bonds is 4. The molecule has 0 radical (unpaired) electrons. The van der Waals surface area contributed by atoms with Crippen molar-refractivity contribution < 1.29 is 13.2 Å². The monoisotopic (exact) mass is 365 g/mol. The summed E-state index contributed by atoms with van der Waals surface area (Å²) in [6, 6.07) is 4.98. The van der Waals surface area contributed by atoms with E-state index in [1.54, 1.807) is 18.2 Å². The number of carbonyl (C=O) groups excluding carboxylic acids is 1. The molecule has 2 fully saturated rings. The van der Waals surface area contributed by atoms with E-state index >= 15 is 0 Å². The lowest BCUT2D eigenvalue weighted by Gasteiger charge is -2.15. The number of hydrogen-bond acceptors (Lipinski definition) is 5. The van der Waals surface area contributed by atoms with Crippen LogP contribution < -0.4 is 5.32 Å². The van der Waals surface area contributed by atoms with Gasteiger partial charge in [-0.1, -0.05) is 18.3 Å². The molecule has 2 aromatic rings. The largest absolute Gasteiger partial charge is 0.302 e. The van der Waals surface area contributed by atoms with E-state index in [-0.39, 0.29) is 11.8 Å². The third kappa shape index (κ3) is 2.82. The zero-order valence-electron chi connectivity index (χ0n) is 13.4. The Hall–Kier alpha value is -1.51. The van der Waals surface area contributed by atoms with E-state index in [0.717, 1.165) is 24.0 Å². The molecule has 128 valence electrons. The fourth-order valence-corrected chi connectivity index (χ4v) is 5.61. The summed E-state index contributed by atoms with van der Waals surface area (Å²) in [4.78, 5) is 16.7. The first-order valence-electron chi connectivity index (χ1n) is 8.17. The highest BCUT2D eigenvalue weighted by molar-refractivity contribution is 7.89. The molecule has 0 spiro atoms. The van der Waals surface area contributed by atoms with Crippen molar-refractivity contribution in [2.45, 2.75) is 31.1 Å². The molecule has 1 saturated carbocycles. The number of anilines is 1. The summed E-state index contributed by atoms with van der Waals surface area (Å²) in [6.45, 7) is 3.23. The van der Waals surface area contributed by atoms with E-state index in [0.29, 0.717) is 34.6 Å². The van der Waals surface area contributed by atoms with Crippen molar-refractivity contribution in [2.24, 2.45) is 11.8 Å². The maximum atomic E-state index is 12.6. The fourth-order valence-electron chi connectivity index (χ4n) is 3.08. The van der Waals surface area contributed by atoms with E-state index in [1.165, 1.54) is 15.6 Å². The Morgan fingerprint density at radius 2 is 2.04 bits per heavy atom. The van der Waals surface area contributed by atoms with E-state index in [4.69, 9.17) is 0 Å². The number of hydrogen-bond donors (Lipinski definition) is 1. The number of fused-ring (bicyclic) bond motifs is 1. The molecule has 1 aliphatic carbocycles. The average molecular weight is 365 g/mol. The number of amides is 1. The Balaban J connectivity index is 1.60. The Morgan fingerprint density at radius 3 is 2.71 bits per heavy atom. The highest BCUT2D eigenvalue weighted by Crippen LogP contribution is 2.39. The zero-order chi connectivity index (χ0) is 16.9. The molecule has 2 unspecified atom stereocenters. The van der Waals surface area contributed by atoms with Crippen molar-refractivity contribution in [1.29, 1.82) is 0 Å². The molecule has 2 atom stereocenters. The van der Waals surface area contributed by atoms with Crippen LogP contribution in [0, 0.1) is 11.8 Å². The van der Waals surface area contributed by atoms with E-state index in [2.05, 4.69) is 17.2 Å². The topological polar surface area (TPSA) is 79.4 Å². The van der Waals surface area contributed by atoms with Crippen LogP contribution in [0.3, 0.4) is 0 Å². The summed E-state index contributed by atoms with van der Waals surface area (Å²) in [5.41, 5.74) is 0.708. The van der Waals surface area contributed by atoms with Crippen LogP contribution in [0.1, 0.15) is 26.2 Å². The molecule has 4 rings (SSSR count). The van der Waals surface area contributed by atoms with E-state index in [9.17, 15) is 13.2 Å². The van der Waals surface area contributed by atoms with Crippen LogP contribution >= 0.6 is 11.3 Å². The minimum absolute atomic E-state index is 0.00599. The number of sulfonamides is 1. The number of thiazole rings is 1. The van der Waals surface area contributed by atoms with Crippen LogP contribution in [0.4, 0.5) is 5.13 Å². The standard InChI is InChI=1S/C16H19N3O3S2/c1-10-8-12(10)15(20)18-16-17-13-5-4-11(9-14(13)23-16)24(21,22)19-6-2-3-7-19/h4-5,9-10,12H,2-3,6-8H2,1H3,(H,17,18,20). The van der Waals surface area contributed by atoms with Gasteiger partial charge in [-0.05, 0) is 43.4 Å². The summed E-state index contributed by atoms with van der Waals surface area (Å²) >= 11 is 1.32. The van der Waals surface area contributed by atoms with Gasteiger partial charge in [0.1, 0.15) is 0 Å².